The van der Waals surface area contributed by atoms with Gasteiger partial charge in [0, 0.05) is 18.6 Å². The topological polar surface area (TPSA) is 81.8 Å². The fourth-order valence-electron chi connectivity index (χ4n) is 2.60. The highest BCUT2D eigenvalue weighted by Crippen LogP contribution is 2.16. The predicted octanol–water partition coefficient (Wildman–Crippen LogP) is 1.89. The highest BCUT2D eigenvalue weighted by atomic mass is 16.1. The highest BCUT2D eigenvalue weighted by Gasteiger charge is 2.15. The van der Waals surface area contributed by atoms with E-state index in [9.17, 15) is 9.59 Å². The summed E-state index contributed by atoms with van der Waals surface area (Å²) >= 11 is 0. The number of carbonyl (C=O) groups is 1. The zero-order valence-corrected chi connectivity index (χ0v) is 13.9. The zero-order valence-electron chi connectivity index (χ0n) is 13.9. The minimum Gasteiger partial charge on any atom is -0.323 e. The van der Waals surface area contributed by atoms with E-state index < -0.39 is 0 Å². The van der Waals surface area contributed by atoms with Crippen LogP contribution >= 0.6 is 0 Å². The van der Waals surface area contributed by atoms with Crippen LogP contribution in [-0.2, 0) is 18.3 Å². The van der Waals surface area contributed by atoms with Crippen molar-refractivity contribution in [3.8, 4) is 0 Å². The molecule has 0 aliphatic carbocycles. The summed E-state index contributed by atoms with van der Waals surface area (Å²) in [6.45, 7) is 3.78. The first-order chi connectivity index (χ1) is 11.5. The fraction of sp³-hybridized carbons (Fsp3) is 0.294. The molecule has 0 aliphatic heterocycles. The van der Waals surface area contributed by atoms with Crippen LogP contribution in [0.3, 0.4) is 0 Å². The lowest BCUT2D eigenvalue weighted by Gasteiger charge is -2.13. The van der Waals surface area contributed by atoms with Gasteiger partial charge in [-0.15, -0.1) is 0 Å². The minimum absolute atomic E-state index is 0.0813. The molecule has 0 radical (unpaired) electrons. The summed E-state index contributed by atoms with van der Waals surface area (Å²) in [5.41, 5.74) is 1.07. The number of aryl methyl sites for hydroxylation is 1. The fourth-order valence-corrected chi connectivity index (χ4v) is 2.60. The quantitative estimate of drug-likeness (QED) is 0.794. The lowest BCUT2D eigenvalue weighted by Crippen LogP contribution is -2.27. The van der Waals surface area contributed by atoms with Gasteiger partial charge in [-0.2, -0.15) is 10.2 Å². The second kappa shape index (κ2) is 6.27. The van der Waals surface area contributed by atoms with Crippen LogP contribution in [0.2, 0.25) is 0 Å². The van der Waals surface area contributed by atoms with Gasteiger partial charge >= 0.3 is 0 Å². The van der Waals surface area contributed by atoms with Crippen LogP contribution in [0, 0.1) is 0 Å². The molecule has 0 aliphatic rings. The van der Waals surface area contributed by atoms with E-state index in [0.717, 1.165) is 0 Å². The van der Waals surface area contributed by atoms with Gasteiger partial charge in [0.2, 0.25) is 5.91 Å². The number of benzene rings is 1. The number of amides is 1. The van der Waals surface area contributed by atoms with E-state index in [1.165, 1.54) is 4.68 Å². The largest absolute Gasteiger partial charge is 0.323 e. The molecule has 7 heteroatoms. The molecule has 0 spiro atoms. The minimum atomic E-state index is -0.199. The monoisotopic (exact) mass is 325 g/mol. The van der Waals surface area contributed by atoms with Crippen LogP contribution in [0.5, 0.6) is 0 Å². The van der Waals surface area contributed by atoms with Gasteiger partial charge in [0.25, 0.3) is 5.56 Å². The molecule has 1 aromatic carbocycles. The standard InChI is InChI=1S/C17H19N5O2/c1-11(2)22-17(24)14-7-5-4-6-13(14)15(20-22)8-16(23)19-12-9-18-21(3)10-12/h4-7,9-11H,8H2,1-3H3,(H,19,23). The molecule has 1 N–H and O–H groups in total. The third kappa shape index (κ3) is 3.05. The van der Waals surface area contributed by atoms with E-state index in [0.29, 0.717) is 22.2 Å². The summed E-state index contributed by atoms with van der Waals surface area (Å²) in [5, 5.41) is 12.5. The Morgan fingerprint density at radius 2 is 1.96 bits per heavy atom. The lowest BCUT2D eigenvalue weighted by atomic mass is 10.1. The van der Waals surface area contributed by atoms with Crippen LogP contribution in [0.4, 0.5) is 5.69 Å². The second-order valence-corrected chi connectivity index (χ2v) is 5.96. The van der Waals surface area contributed by atoms with Crippen molar-refractivity contribution in [1.29, 1.82) is 0 Å². The van der Waals surface area contributed by atoms with Crippen molar-refractivity contribution >= 4 is 22.4 Å². The molecule has 3 aromatic rings. The molecular weight excluding hydrogens is 306 g/mol. The zero-order chi connectivity index (χ0) is 17.3. The smallest absolute Gasteiger partial charge is 0.274 e. The molecule has 0 saturated heterocycles. The first-order valence-electron chi connectivity index (χ1n) is 7.74. The lowest BCUT2D eigenvalue weighted by molar-refractivity contribution is -0.115. The van der Waals surface area contributed by atoms with Crippen molar-refractivity contribution in [3.63, 3.8) is 0 Å². The van der Waals surface area contributed by atoms with E-state index in [-0.39, 0.29) is 23.9 Å². The van der Waals surface area contributed by atoms with E-state index in [2.05, 4.69) is 15.5 Å². The molecular formula is C17H19N5O2. The van der Waals surface area contributed by atoms with Gasteiger partial charge in [0.15, 0.2) is 0 Å². The van der Waals surface area contributed by atoms with Crippen LogP contribution in [0.15, 0.2) is 41.5 Å². The number of carbonyl (C=O) groups excluding carboxylic acids is 1. The first-order valence-corrected chi connectivity index (χ1v) is 7.74. The third-order valence-electron chi connectivity index (χ3n) is 3.71. The predicted molar refractivity (Wildman–Crippen MR) is 91.9 cm³/mol. The van der Waals surface area contributed by atoms with Crippen LogP contribution < -0.4 is 10.9 Å². The normalized spacial score (nSPS) is 11.2. The molecule has 24 heavy (non-hydrogen) atoms. The highest BCUT2D eigenvalue weighted by molar-refractivity contribution is 5.95. The van der Waals surface area contributed by atoms with Crippen molar-refractivity contribution in [2.45, 2.75) is 26.3 Å². The van der Waals surface area contributed by atoms with Crippen LogP contribution in [0.25, 0.3) is 10.8 Å². The summed E-state index contributed by atoms with van der Waals surface area (Å²) in [6, 6.07) is 7.16. The molecule has 3 rings (SSSR count). The van der Waals surface area contributed by atoms with Crippen molar-refractivity contribution < 1.29 is 4.79 Å². The number of rotatable bonds is 4. The number of nitrogens with one attached hydrogen (secondary N) is 1. The second-order valence-electron chi connectivity index (χ2n) is 5.96. The summed E-state index contributed by atoms with van der Waals surface area (Å²) in [6.07, 6.45) is 3.39. The molecule has 1 amide bonds. The van der Waals surface area contributed by atoms with Crippen LogP contribution in [-0.4, -0.2) is 25.5 Å². The van der Waals surface area contributed by atoms with E-state index >= 15 is 0 Å². The Morgan fingerprint density at radius 3 is 2.58 bits per heavy atom. The maximum absolute atomic E-state index is 12.5. The Morgan fingerprint density at radius 1 is 1.25 bits per heavy atom. The van der Waals surface area contributed by atoms with Crippen molar-refractivity contribution in [1.82, 2.24) is 19.6 Å². The molecule has 0 saturated carbocycles. The number of fused-ring (bicyclic) bond motifs is 1. The number of aromatic nitrogens is 4. The van der Waals surface area contributed by atoms with Gasteiger partial charge in [0.05, 0.1) is 35.4 Å². The molecule has 0 unspecified atom stereocenters. The summed E-state index contributed by atoms with van der Waals surface area (Å²) < 4.78 is 3.04. The SMILES string of the molecule is CC(C)n1nc(CC(=O)Nc2cnn(C)c2)c2ccccc2c1=O. The Balaban J connectivity index is 1.97. The van der Waals surface area contributed by atoms with Crippen molar-refractivity contribution in [2.75, 3.05) is 5.32 Å². The Kier molecular flexibility index (Phi) is 4.16. The number of hydrogen-bond donors (Lipinski definition) is 1. The molecule has 124 valence electrons. The molecule has 0 fully saturated rings. The van der Waals surface area contributed by atoms with Crippen molar-refractivity contribution in [2.24, 2.45) is 7.05 Å². The number of hydrogen-bond acceptors (Lipinski definition) is 4. The van der Waals surface area contributed by atoms with E-state index in [1.54, 1.807) is 30.2 Å². The Labute approximate surface area is 138 Å². The number of nitrogens with zero attached hydrogens (tertiary/aromatic N) is 4. The average Bonchev–Trinajstić information content (AvgIpc) is 2.94. The van der Waals surface area contributed by atoms with E-state index in [1.807, 2.05) is 32.0 Å². The summed E-state index contributed by atoms with van der Waals surface area (Å²) in [5.74, 6) is -0.199. The Hall–Kier alpha value is -2.96. The number of anilines is 1. The Bertz CT molecular complexity index is 955. The van der Waals surface area contributed by atoms with Gasteiger partial charge in [-0.05, 0) is 19.9 Å². The van der Waals surface area contributed by atoms with Gasteiger partial charge in [-0.3, -0.25) is 14.3 Å². The molecule has 0 atom stereocenters. The maximum Gasteiger partial charge on any atom is 0.274 e. The average molecular weight is 325 g/mol. The maximum atomic E-state index is 12.5. The molecule has 7 nitrogen and oxygen atoms in total. The molecule has 0 bridgehead atoms. The van der Waals surface area contributed by atoms with Gasteiger partial charge in [0.1, 0.15) is 0 Å². The first kappa shape index (κ1) is 15.9. The van der Waals surface area contributed by atoms with Gasteiger partial charge < -0.3 is 5.32 Å². The van der Waals surface area contributed by atoms with Crippen LogP contribution in [0.1, 0.15) is 25.6 Å². The van der Waals surface area contributed by atoms with E-state index in [4.69, 9.17) is 0 Å². The van der Waals surface area contributed by atoms with Gasteiger partial charge in [-0.1, -0.05) is 18.2 Å². The third-order valence-corrected chi connectivity index (χ3v) is 3.71. The summed E-state index contributed by atoms with van der Waals surface area (Å²) in [4.78, 5) is 24.8. The molecule has 2 heterocycles. The van der Waals surface area contributed by atoms with Gasteiger partial charge in [-0.25, -0.2) is 4.68 Å². The molecule has 2 aromatic heterocycles. The van der Waals surface area contributed by atoms with Crippen molar-refractivity contribution in [3.05, 3.63) is 52.7 Å². The summed E-state index contributed by atoms with van der Waals surface area (Å²) in [7, 11) is 1.78.